The van der Waals surface area contributed by atoms with Crippen molar-refractivity contribution in [2.45, 2.75) is 31.0 Å². The SMILES string of the molecule is O=C(NCc1ccccc1-c1ncc[nH]1)[C@@H]1CCCN1C(=O)C1(O)c2ccccc2-c2ccccc21. The summed E-state index contributed by atoms with van der Waals surface area (Å²) < 4.78 is 0. The molecule has 1 aliphatic heterocycles. The van der Waals surface area contributed by atoms with E-state index < -0.39 is 17.6 Å². The van der Waals surface area contributed by atoms with E-state index in [1.54, 1.807) is 29.4 Å². The second-order valence-electron chi connectivity index (χ2n) is 9.27. The van der Waals surface area contributed by atoms with Crippen LogP contribution in [-0.2, 0) is 21.7 Å². The van der Waals surface area contributed by atoms with Crippen molar-refractivity contribution in [1.29, 1.82) is 0 Å². The number of hydrogen-bond donors (Lipinski definition) is 3. The minimum absolute atomic E-state index is 0.224. The summed E-state index contributed by atoms with van der Waals surface area (Å²) in [4.78, 5) is 36.3. The number of fused-ring (bicyclic) bond motifs is 3. The lowest BCUT2D eigenvalue weighted by Crippen LogP contribution is -2.52. The Balaban J connectivity index is 1.25. The van der Waals surface area contributed by atoms with E-state index in [4.69, 9.17) is 0 Å². The lowest BCUT2D eigenvalue weighted by atomic mass is 9.89. The van der Waals surface area contributed by atoms with Crippen LogP contribution in [0.1, 0.15) is 29.5 Å². The van der Waals surface area contributed by atoms with Gasteiger partial charge in [0.2, 0.25) is 5.91 Å². The van der Waals surface area contributed by atoms with E-state index in [0.717, 1.165) is 28.1 Å². The molecule has 4 aromatic rings. The number of hydrogen-bond acceptors (Lipinski definition) is 4. The predicted molar refractivity (Wildman–Crippen MR) is 135 cm³/mol. The predicted octanol–water partition coefficient (Wildman–Crippen LogP) is 3.60. The molecule has 2 aliphatic rings. The lowest BCUT2D eigenvalue weighted by Gasteiger charge is -2.32. The van der Waals surface area contributed by atoms with E-state index in [1.165, 1.54) is 0 Å². The zero-order valence-electron chi connectivity index (χ0n) is 19.6. The van der Waals surface area contributed by atoms with Gasteiger partial charge < -0.3 is 20.3 Å². The minimum atomic E-state index is -1.82. The maximum absolute atomic E-state index is 14.0. The number of likely N-dealkylation sites (tertiary alicyclic amines) is 1. The standard InChI is InChI=1S/C29H26N4O3/c34-27(32-18-19-8-1-2-9-20(19)26-30-15-16-31-26)25-14-7-17-33(25)28(35)29(36)23-12-5-3-10-21(23)22-11-4-6-13-24(22)29/h1-6,8-13,15-16,25,36H,7,14,17-18H2,(H,30,31)(H,32,34)/t25-/m0/s1. The van der Waals surface area contributed by atoms with Gasteiger partial charge in [0.05, 0.1) is 0 Å². The minimum Gasteiger partial charge on any atom is -0.372 e. The van der Waals surface area contributed by atoms with Crippen LogP contribution in [0.3, 0.4) is 0 Å². The zero-order chi connectivity index (χ0) is 24.7. The number of benzene rings is 3. The summed E-state index contributed by atoms with van der Waals surface area (Å²) in [6.07, 6.45) is 4.70. The molecule has 36 heavy (non-hydrogen) atoms. The van der Waals surface area contributed by atoms with Crippen molar-refractivity contribution in [1.82, 2.24) is 20.2 Å². The highest BCUT2D eigenvalue weighted by molar-refractivity contribution is 6.00. The molecular weight excluding hydrogens is 452 g/mol. The number of rotatable bonds is 5. The topological polar surface area (TPSA) is 98.3 Å². The Morgan fingerprint density at radius 1 is 0.972 bits per heavy atom. The van der Waals surface area contributed by atoms with Crippen molar-refractivity contribution in [2.75, 3.05) is 6.54 Å². The Kier molecular flexibility index (Phi) is 5.42. The summed E-state index contributed by atoms with van der Waals surface area (Å²) in [5.74, 6) is 0.0603. The van der Waals surface area contributed by atoms with Crippen LogP contribution in [0.25, 0.3) is 22.5 Å². The average molecular weight is 479 g/mol. The normalized spacial score (nSPS) is 17.5. The molecule has 7 nitrogen and oxygen atoms in total. The van der Waals surface area contributed by atoms with Crippen molar-refractivity contribution >= 4 is 11.8 Å². The summed E-state index contributed by atoms with van der Waals surface area (Å²) in [5.41, 5.74) is 2.84. The molecule has 1 fully saturated rings. The molecule has 180 valence electrons. The maximum atomic E-state index is 14.0. The van der Waals surface area contributed by atoms with Gasteiger partial charge in [-0.2, -0.15) is 0 Å². The number of nitrogens with one attached hydrogen (secondary N) is 2. The third-order valence-electron chi connectivity index (χ3n) is 7.27. The van der Waals surface area contributed by atoms with E-state index in [9.17, 15) is 14.7 Å². The van der Waals surface area contributed by atoms with Gasteiger partial charge in [0.1, 0.15) is 11.9 Å². The second kappa shape index (κ2) is 8.77. The van der Waals surface area contributed by atoms with Crippen LogP contribution in [0.4, 0.5) is 0 Å². The fourth-order valence-corrected chi connectivity index (χ4v) is 5.55. The Labute approximate surface area is 208 Å². The number of amides is 2. The van der Waals surface area contributed by atoms with Gasteiger partial charge >= 0.3 is 0 Å². The molecule has 2 heterocycles. The van der Waals surface area contributed by atoms with Crippen LogP contribution in [0, 0.1) is 0 Å². The molecule has 1 saturated heterocycles. The molecule has 0 bridgehead atoms. The van der Waals surface area contributed by atoms with Gasteiger partial charge in [-0.15, -0.1) is 0 Å². The molecule has 2 amide bonds. The molecule has 1 atom stereocenters. The first-order valence-corrected chi connectivity index (χ1v) is 12.2. The van der Waals surface area contributed by atoms with Crippen molar-refractivity contribution < 1.29 is 14.7 Å². The van der Waals surface area contributed by atoms with Crippen LogP contribution in [0.5, 0.6) is 0 Å². The molecule has 1 aliphatic carbocycles. The number of carbonyl (C=O) groups excluding carboxylic acids is 2. The Morgan fingerprint density at radius 3 is 2.28 bits per heavy atom. The highest BCUT2D eigenvalue weighted by Gasteiger charge is 2.52. The highest BCUT2D eigenvalue weighted by Crippen LogP contribution is 2.48. The van der Waals surface area contributed by atoms with Gasteiger partial charge in [0.15, 0.2) is 5.60 Å². The van der Waals surface area contributed by atoms with Gasteiger partial charge in [-0.3, -0.25) is 9.59 Å². The van der Waals surface area contributed by atoms with E-state index in [-0.39, 0.29) is 5.91 Å². The van der Waals surface area contributed by atoms with Gasteiger partial charge in [0, 0.05) is 42.2 Å². The van der Waals surface area contributed by atoms with Gasteiger partial charge in [-0.25, -0.2) is 4.98 Å². The summed E-state index contributed by atoms with van der Waals surface area (Å²) >= 11 is 0. The summed E-state index contributed by atoms with van der Waals surface area (Å²) in [6.45, 7) is 0.733. The largest absolute Gasteiger partial charge is 0.372 e. The molecule has 1 aromatic heterocycles. The fourth-order valence-electron chi connectivity index (χ4n) is 5.55. The van der Waals surface area contributed by atoms with Crippen LogP contribution in [0.2, 0.25) is 0 Å². The third kappa shape index (κ3) is 3.43. The van der Waals surface area contributed by atoms with Crippen molar-refractivity contribution in [3.05, 3.63) is 102 Å². The number of H-pyrrole nitrogens is 1. The first kappa shape index (κ1) is 22.2. The van der Waals surface area contributed by atoms with Gasteiger partial charge in [-0.1, -0.05) is 72.8 Å². The summed E-state index contributed by atoms with van der Waals surface area (Å²) in [6, 6.07) is 22.0. The average Bonchev–Trinajstić information content (AvgIpc) is 3.68. The number of aromatic nitrogens is 2. The molecule has 3 aromatic carbocycles. The Hall–Kier alpha value is -4.23. The molecule has 7 heteroatoms. The fraction of sp³-hybridized carbons (Fsp3) is 0.207. The van der Waals surface area contributed by atoms with Crippen LogP contribution < -0.4 is 5.32 Å². The lowest BCUT2D eigenvalue weighted by molar-refractivity contribution is -0.151. The number of nitrogens with zero attached hydrogens (tertiary/aromatic N) is 2. The van der Waals surface area contributed by atoms with Gasteiger partial charge in [-0.05, 0) is 29.5 Å². The van der Waals surface area contributed by atoms with Crippen LogP contribution in [0.15, 0.2) is 85.2 Å². The Morgan fingerprint density at radius 2 is 1.61 bits per heavy atom. The zero-order valence-corrected chi connectivity index (χ0v) is 19.6. The Bertz CT molecular complexity index is 1400. The summed E-state index contributed by atoms with van der Waals surface area (Å²) in [7, 11) is 0. The number of carbonyl (C=O) groups is 2. The first-order valence-electron chi connectivity index (χ1n) is 12.2. The molecular formula is C29H26N4O3. The number of aromatic amines is 1. The molecule has 0 spiro atoms. The van der Waals surface area contributed by atoms with E-state index in [0.29, 0.717) is 37.1 Å². The van der Waals surface area contributed by atoms with E-state index >= 15 is 0 Å². The smallest absolute Gasteiger partial charge is 0.264 e. The number of aliphatic hydroxyl groups is 1. The van der Waals surface area contributed by atoms with E-state index in [1.807, 2.05) is 60.7 Å². The van der Waals surface area contributed by atoms with Crippen molar-refractivity contribution in [3.63, 3.8) is 0 Å². The molecule has 0 radical (unpaired) electrons. The van der Waals surface area contributed by atoms with Crippen molar-refractivity contribution in [3.8, 4) is 22.5 Å². The molecule has 6 rings (SSSR count). The highest BCUT2D eigenvalue weighted by atomic mass is 16.3. The molecule has 0 unspecified atom stereocenters. The van der Waals surface area contributed by atoms with Crippen LogP contribution >= 0.6 is 0 Å². The monoisotopic (exact) mass is 478 g/mol. The first-order chi connectivity index (χ1) is 17.6. The quantitative estimate of drug-likeness (QED) is 0.408. The van der Waals surface area contributed by atoms with Crippen LogP contribution in [-0.4, -0.2) is 44.4 Å². The van der Waals surface area contributed by atoms with Gasteiger partial charge in [0.25, 0.3) is 5.91 Å². The third-order valence-corrected chi connectivity index (χ3v) is 7.27. The maximum Gasteiger partial charge on any atom is 0.264 e. The second-order valence-corrected chi connectivity index (χ2v) is 9.27. The summed E-state index contributed by atoms with van der Waals surface area (Å²) in [5, 5.41) is 15.0. The molecule has 3 N–H and O–H groups in total. The van der Waals surface area contributed by atoms with Crippen molar-refractivity contribution in [2.24, 2.45) is 0 Å². The van der Waals surface area contributed by atoms with E-state index in [2.05, 4.69) is 15.3 Å². The number of imidazole rings is 1. The molecule has 0 saturated carbocycles.